The van der Waals surface area contributed by atoms with Crippen LogP contribution in [-0.4, -0.2) is 12.3 Å². The van der Waals surface area contributed by atoms with Gasteiger partial charge in [-0.2, -0.15) is 0 Å². The highest BCUT2D eigenvalue weighted by Crippen LogP contribution is 2.37. The van der Waals surface area contributed by atoms with E-state index in [1.165, 1.54) is 0 Å². The molecule has 2 N–H and O–H groups in total. The summed E-state index contributed by atoms with van der Waals surface area (Å²) in [7, 11) is 1.63. The van der Waals surface area contributed by atoms with Crippen LogP contribution in [-0.2, 0) is 0 Å². The van der Waals surface area contributed by atoms with Crippen molar-refractivity contribution < 1.29 is 9.26 Å². The number of nitrogens with zero attached hydrogens (tertiary/aromatic N) is 1. The first-order valence-corrected chi connectivity index (χ1v) is 5.47. The molecular weight excluding hydrogens is 272 g/mol. The highest BCUT2D eigenvalue weighted by molar-refractivity contribution is 9.10. The van der Waals surface area contributed by atoms with Crippen LogP contribution in [0, 0.1) is 6.92 Å². The van der Waals surface area contributed by atoms with Crippen molar-refractivity contribution in [3.63, 3.8) is 0 Å². The fourth-order valence-corrected chi connectivity index (χ4v) is 1.94. The predicted molar refractivity (Wildman–Crippen MR) is 65.3 cm³/mol. The van der Waals surface area contributed by atoms with E-state index in [0.29, 0.717) is 5.88 Å². The van der Waals surface area contributed by atoms with E-state index in [2.05, 4.69) is 21.1 Å². The van der Waals surface area contributed by atoms with Crippen molar-refractivity contribution in [3.05, 3.63) is 28.4 Å². The molecule has 1 aromatic heterocycles. The molecule has 0 unspecified atom stereocenters. The lowest BCUT2D eigenvalue weighted by atomic mass is 10.1. The minimum Gasteiger partial charge on any atom is -0.497 e. The summed E-state index contributed by atoms with van der Waals surface area (Å²) >= 11 is 3.52. The van der Waals surface area contributed by atoms with Crippen molar-refractivity contribution >= 4 is 21.8 Å². The third-order valence-corrected chi connectivity index (χ3v) is 3.40. The first-order chi connectivity index (χ1) is 7.63. The Morgan fingerprint density at radius 1 is 1.38 bits per heavy atom. The van der Waals surface area contributed by atoms with Crippen LogP contribution >= 0.6 is 15.9 Å². The van der Waals surface area contributed by atoms with Gasteiger partial charge in [-0.25, -0.2) is 0 Å². The molecular formula is C11H11BrN2O2. The summed E-state index contributed by atoms with van der Waals surface area (Å²) in [5.41, 5.74) is 8.43. The smallest absolute Gasteiger partial charge is 0.229 e. The second-order valence-electron chi connectivity index (χ2n) is 3.41. The molecule has 1 heterocycles. The normalized spacial score (nSPS) is 10.4. The number of benzene rings is 1. The molecule has 0 saturated heterocycles. The first kappa shape index (κ1) is 11.0. The Hall–Kier alpha value is -1.49. The second-order valence-corrected chi connectivity index (χ2v) is 4.20. The number of anilines is 1. The van der Waals surface area contributed by atoms with Gasteiger partial charge in [-0.1, -0.05) is 5.16 Å². The third kappa shape index (κ3) is 1.78. The van der Waals surface area contributed by atoms with Crippen LogP contribution in [0.2, 0.25) is 0 Å². The SMILES string of the molecule is COc1cc(C)c(Br)c(-c2cnoc2N)c1. The largest absolute Gasteiger partial charge is 0.497 e. The molecule has 0 fully saturated rings. The van der Waals surface area contributed by atoms with E-state index < -0.39 is 0 Å². The average molecular weight is 283 g/mol. The van der Waals surface area contributed by atoms with E-state index in [4.69, 9.17) is 15.0 Å². The van der Waals surface area contributed by atoms with Crippen LogP contribution < -0.4 is 10.5 Å². The van der Waals surface area contributed by atoms with Crippen LogP contribution in [0.4, 0.5) is 5.88 Å². The quantitative estimate of drug-likeness (QED) is 0.920. The summed E-state index contributed by atoms with van der Waals surface area (Å²) in [5.74, 6) is 1.07. The summed E-state index contributed by atoms with van der Waals surface area (Å²) in [4.78, 5) is 0. The number of nitrogens with two attached hydrogens (primary N) is 1. The number of hydrogen-bond donors (Lipinski definition) is 1. The van der Waals surface area contributed by atoms with E-state index in [0.717, 1.165) is 26.9 Å². The summed E-state index contributed by atoms with van der Waals surface area (Å²) in [6.07, 6.45) is 1.59. The van der Waals surface area contributed by atoms with Crippen molar-refractivity contribution in [2.75, 3.05) is 12.8 Å². The van der Waals surface area contributed by atoms with Gasteiger partial charge in [0.1, 0.15) is 5.75 Å². The summed E-state index contributed by atoms with van der Waals surface area (Å²) in [5, 5.41) is 3.66. The Labute approximate surface area is 102 Å². The molecule has 0 atom stereocenters. The standard InChI is InChI=1S/C11H11BrN2O2/c1-6-3-7(15-2)4-8(10(6)12)9-5-14-16-11(9)13/h3-5H,13H2,1-2H3. The molecule has 0 spiro atoms. The molecule has 4 nitrogen and oxygen atoms in total. The molecule has 16 heavy (non-hydrogen) atoms. The molecule has 2 aromatic rings. The highest BCUT2D eigenvalue weighted by atomic mass is 79.9. The molecule has 0 amide bonds. The molecule has 0 saturated carbocycles. The Balaban J connectivity index is 2.64. The van der Waals surface area contributed by atoms with Gasteiger partial charge in [0.25, 0.3) is 0 Å². The number of halogens is 1. The van der Waals surface area contributed by atoms with Gasteiger partial charge in [-0.15, -0.1) is 0 Å². The van der Waals surface area contributed by atoms with Gasteiger partial charge in [-0.3, -0.25) is 0 Å². The van der Waals surface area contributed by atoms with Gasteiger partial charge < -0.3 is 15.0 Å². The number of nitrogen functional groups attached to an aromatic ring is 1. The number of hydrogen-bond acceptors (Lipinski definition) is 4. The van der Waals surface area contributed by atoms with Crippen LogP contribution in [0.25, 0.3) is 11.1 Å². The van der Waals surface area contributed by atoms with E-state index in [1.54, 1.807) is 13.3 Å². The topological polar surface area (TPSA) is 61.3 Å². The van der Waals surface area contributed by atoms with Crippen LogP contribution in [0.15, 0.2) is 27.3 Å². The average Bonchev–Trinajstić information content (AvgIpc) is 2.68. The molecule has 0 bridgehead atoms. The highest BCUT2D eigenvalue weighted by Gasteiger charge is 2.13. The van der Waals surface area contributed by atoms with Crippen LogP contribution in [0.5, 0.6) is 5.75 Å². The number of methoxy groups -OCH3 is 1. The predicted octanol–water partition coefficient (Wildman–Crippen LogP) is 3.00. The van der Waals surface area contributed by atoms with Gasteiger partial charge in [0.15, 0.2) is 0 Å². The maximum absolute atomic E-state index is 5.69. The van der Waals surface area contributed by atoms with Crippen molar-refractivity contribution in [1.82, 2.24) is 5.16 Å². The maximum Gasteiger partial charge on any atom is 0.229 e. The van der Waals surface area contributed by atoms with Crippen molar-refractivity contribution in [1.29, 1.82) is 0 Å². The summed E-state index contributed by atoms with van der Waals surface area (Å²) in [6.45, 7) is 1.99. The van der Waals surface area contributed by atoms with Crippen molar-refractivity contribution in [2.45, 2.75) is 6.92 Å². The molecule has 0 aliphatic carbocycles. The zero-order chi connectivity index (χ0) is 11.7. The van der Waals surface area contributed by atoms with Gasteiger partial charge in [0.05, 0.1) is 18.9 Å². The van der Waals surface area contributed by atoms with Crippen molar-refractivity contribution in [2.24, 2.45) is 0 Å². The number of aromatic nitrogens is 1. The molecule has 84 valence electrons. The van der Waals surface area contributed by atoms with Gasteiger partial charge in [0, 0.05) is 10.0 Å². The minimum atomic E-state index is 0.299. The molecule has 0 aliphatic heterocycles. The maximum atomic E-state index is 5.69. The van der Waals surface area contributed by atoms with E-state index >= 15 is 0 Å². The monoisotopic (exact) mass is 282 g/mol. The van der Waals surface area contributed by atoms with Crippen LogP contribution in [0.3, 0.4) is 0 Å². The van der Waals surface area contributed by atoms with E-state index in [9.17, 15) is 0 Å². The van der Waals surface area contributed by atoms with E-state index in [-0.39, 0.29) is 0 Å². The second kappa shape index (κ2) is 4.17. The molecule has 0 aliphatic rings. The molecule has 5 heteroatoms. The summed E-state index contributed by atoms with van der Waals surface area (Å²) < 4.78 is 11.0. The molecule has 0 radical (unpaired) electrons. The van der Waals surface area contributed by atoms with Gasteiger partial charge >= 0.3 is 0 Å². The van der Waals surface area contributed by atoms with E-state index in [1.807, 2.05) is 19.1 Å². The fourth-order valence-electron chi connectivity index (χ4n) is 1.50. The lowest BCUT2D eigenvalue weighted by Crippen LogP contribution is -1.90. The van der Waals surface area contributed by atoms with Gasteiger partial charge in [-0.05, 0) is 40.5 Å². The number of aryl methyl sites for hydroxylation is 1. The lowest BCUT2D eigenvalue weighted by Gasteiger charge is -2.09. The summed E-state index contributed by atoms with van der Waals surface area (Å²) in [6, 6.07) is 3.83. The Morgan fingerprint density at radius 3 is 2.69 bits per heavy atom. The lowest BCUT2D eigenvalue weighted by molar-refractivity contribution is 0.414. The fraction of sp³-hybridized carbons (Fsp3) is 0.182. The Kier molecular flexibility index (Phi) is 2.87. The minimum absolute atomic E-state index is 0.299. The third-order valence-electron chi connectivity index (χ3n) is 2.35. The number of rotatable bonds is 2. The Morgan fingerprint density at radius 2 is 2.12 bits per heavy atom. The van der Waals surface area contributed by atoms with Gasteiger partial charge in [0.2, 0.25) is 5.88 Å². The molecule has 2 rings (SSSR count). The Bertz CT molecular complexity index is 523. The zero-order valence-corrected chi connectivity index (χ0v) is 10.5. The first-order valence-electron chi connectivity index (χ1n) is 4.68. The molecule has 1 aromatic carbocycles. The van der Waals surface area contributed by atoms with Crippen LogP contribution in [0.1, 0.15) is 5.56 Å². The zero-order valence-electron chi connectivity index (χ0n) is 8.95. The van der Waals surface area contributed by atoms with Crippen molar-refractivity contribution in [3.8, 4) is 16.9 Å². The number of ether oxygens (including phenoxy) is 1.